The SMILES string of the molecule is CCOC(=O)c1ccccc1NC(=O)[C@H](C)N(c1ccc(C)cc1)S(C)(=O)=O. The number of hydrogen-bond acceptors (Lipinski definition) is 5. The van der Waals surface area contributed by atoms with E-state index in [4.69, 9.17) is 4.74 Å². The Kier molecular flexibility index (Phi) is 6.80. The van der Waals surface area contributed by atoms with Gasteiger partial charge in [-0.1, -0.05) is 29.8 Å². The summed E-state index contributed by atoms with van der Waals surface area (Å²) in [4.78, 5) is 24.9. The molecular weight excluding hydrogens is 380 g/mol. The monoisotopic (exact) mass is 404 g/mol. The van der Waals surface area contributed by atoms with E-state index in [-0.39, 0.29) is 17.9 Å². The molecule has 0 heterocycles. The molecule has 2 aromatic carbocycles. The van der Waals surface area contributed by atoms with Crippen molar-refractivity contribution in [2.45, 2.75) is 26.8 Å². The summed E-state index contributed by atoms with van der Waals surface area (Å²) in [7, 11) is -3.72. The number of benzene rings is 2. The second kappa shape index (κ2) is 8.88. The number of esters is 1. The Labute approximate surface area is 165 Å². The van der Waals surface area contributed by atoms with E-state index in [1.807, 2.05) is 6.92 Å². The lowest BCUT2D eigenvalue weighted by Crippen LogP contribution is -2.45. The highest BCUT2D eigenvalue weighted by Gasteiger charge is 2.29. The quantitative estimate of drug-likeness (QED) is 0.716. The zero-order valence-corrected chi connectivity index (χ0v) is 17.1. The van der Waals surface area contributed by atoms with Crippen LogP contribution >= 0.6 is 0 Å². The first-order chi connectivity index (χ1) is 13.1. The van der Waals surface area contributed by atoms with Crippen LogP contribution in [-0.4, -0.2) is 39.2 Å². The molecule has 0 unspecified atom stereocenters. The fourth-order valence-electron chi connectivity index (χ4n) is 2.72. The Bertz CT molecular complexity index is 955. The Morgan fingerprint density at radius 3 is 2.29 bits per heavy atom. The maximum absolute atomic E-state index is 12.8. The maximum Gasteiger partial charge on any atom is 0.340 e. The van der Waals surface area contributed by atoms with E-state index >= 15 is 0 Å². The van der Waals surface area contributed by atoms with Crippen molar-refractivity contribution in [2.24, 2.45) is 0 Å². The summed E-state index contributed by atoms with van der Waals surface area (Å²) in [6.45, 7) is 5.26. The van der Waals surface area contributed by atoms with Gasteiger partial charge >= 0.3 is 5.97 Å². The minimum absolute atomic E-state index is 0.200. The molecule has 7 nitrogen and oxygen atoms in total. The summed E-state index contributed by atoms with van der Waals surface area (Å²) >= 11 is 0. The highest BCUT2D eigenvalue weighted by atomic mass is 32.2. The molecule has 0 bridgehead atoms. The van der Waals surface area contributed by atoms with Gasteiger partial charge in [-0.25, -0.2) is 13.2 Å². The summed E-state index contributed by atoms with van der Waals surface area (Å²) in [5.41, 5.74) is 1.81. The lowest BCUT2D eigenvalue weighted by molar-refractivity contribution is -0.116. The third-order valence-corrected chi connectivity index (χ3v) is 5.30. The fraction of sp³-hybridized carbons (Fsp3) is 0.300. The fourth-order valence-corrected chi connectivity index (χ4v) is 3.89. The summed E-state index contributed by atoms with van der Waals surface area (Å²) in [6, 6.07) is 12.2. The number of sulfonamides is 1. The number of rotatable bonds is 7. The van der Waals surface area contributed by atoms with Crippen molar-refractivity contribution in [3.8, 4) is 0 Å². The number of aryl methyl sites for hydroxylation is 1. The molecule has 0 fully saturated rings. The van der Waals surface area contributed by atoms with Crippen molar-refractivity contribution in [2.75, 3.05) is 22.5 Å². The van der Waals surface area contributed by atoms with Crippen molar-refractivity contribution in [1.29, 1.82) is 0 Å². The average Bonchev–Trinajstić information content (AvgIpc) is 2.63. The minimum Gasteiger partial charge on any atom is -0.462 e. The molecule has 2 rings (SSSR count). The molecule has 0 saturated heterocycles. The van der Waals surface area contributed by atoms with Crippen LogP contribution in [0.4, 0.5) is 11.4 Å². The van der Waals surface area contributed by atoms with Crippen LogP contribution in [0.5, 0.6) is 0 Å². The Hall–Kier alpha value is -2.87. The van der Waals surface area contributed by atoms with Crippen LogP contribution in [0, 0.1) is 6.92 Å². The summed E-state index contributed by atoms with van der Waals surface area (Å²) in [5.74, 6) is -1.13. The molecule has 2 aromatic rings. The van der Waals surface area contributed by atoms with E-state index in [1.54, 1.807) is 49.4 Å². The molecule has 8 heteroatoms. The molecule has 0 spiro atoms. The van der Waals surface area contributed by atoms with Crippen LogP contribution in [0.15, 0.2) is 48.5 Å². The van der Waals surface area contributed by atoms with E-state index in [0.29, 0.717) is 5.69 Å². The van der Waals surface area contributed by atoms with E-state index < -0.39 is 27.9 Å². The van der Waals surface area contributed by atoms with Crippen LogP contribution in [0.2, 0.25) is 0 Å². The van der Waals surface area contributed by atoms with E-state index in [9.17, 15) is 18.0 Å². The standard InChI is InChI=1S/C20H24N2O5S/c1-5-27-20(24)17-8-6-7-9-18(17)21-19(23)15(3)22(28(4,25)26)16-12-10-14(2)11-13-16/h6-13,15H,5H2,1-4H3,(H,21,23)/t15-/m0/s1. The van der Waals surface area contributed by atoms with Crippen molar-refractivity contribution in [1.82, 2.24) is 0 Å². The van der Waals surface area contributed by atoms with Crippen LogP contribution < -0.4 is 9.62 Å². The molecule has 0 aromatic heterocycles. The smallest absolute Gasteiger partial charge is 0.340 e. The third kappa shape index (κ3) is 5.10. The predicted molar refractivity (Wildman–Crippen MR) is 109 cm³/mol. The number of para-hydroxylation sites is 1. The molecule has 0 aliphatic carbocycles. The van der Waals surface area contributed by atoms with Gasteiger partial charge in [0.15, 0.2) is 0 Å². The lowest BCUT2D eigenvalue weighted by atomic mass is 10.1. The van der Waals surface area contributed by atoms with Crippen LogP contribution in [0.1, 0.15) is 29.8 Å². The zero-order chi connectivity index (χ0) is 20.9. The van der Waals surface area contributed by atoms with Gasteiger partial charge in [0.2, 0.25) is 15.9 Å². The molecule has 0 radical (unpaired) electrons. The third-order valence-electron chi connectivity index (χ3n) is 4.06. The van der Waals surface area contributed by atoms with Crippen molar-refractivity contribution < 1.29 is 22.7 Å². The van der Waals surface area contributed by atoms with E-state index in [1.165, 1.54) is 13.0 Å². The predicted octanol–water partition coefficient (Wildman–Crippen LogP) is 2.96. The van der Waals surface area contributed by atoms with E-state index in [2.05, 4.69) is 5.32 Å². The maximum atomic E-state index is 12.8. The number of nitrogens with one attached hydrogen (secondary N) is 1. The molecule has 1 N–H and O–H groups in total. The Morgan fingerprint density at radius 2 is 1.71 bits per heavy atom. The normalized spacial score (nSPS) is 12.1. The first-order valence-corrected chi connectivity index (χ1v) is 10.6. The van der Waals surface area contributed by atoms with Gasteiger partial charge in [0.05, 0.1) is 29.8 Å². The van der Waals surface area contributed by atoms with Crippen LogP contribution in [-0.2, 0) is 19.6 Å². The number of nitrogens with zero attached hydrogens (tertiary/aromatic N) is 1. The van der Waals surface area contributed by atoms with Gasteiger partial charge in [-0.15, -0.1) is 0 Å². The summed E-state index contributed by atoms with van der Waals surface area (Å²) < 4.78 is 30.7. The largest absolute Gasteiger partial charge is 0.462 e. The van der Waals surface area contributed by atoms with Gasteiger partial charge in [-0.3, -0.25) is 9.10 Å². The van der Waals surface area contributed by atoms with Crippen molar-refractivity contribution >= 4 is 33.3 Å². The average molecular weight is 404 g/mol. The molecule has 0 aliphatic heterocycles. The van der Waals surface area contributed by atoms with Crippen molar-refractivity contribution in [3.63, 3.8) is 0 Å². The van der Waals surface area contributed by atoms with Crippen LogP contribution in [0.3, 0.4) is 0 Å². The summed E-state index contributed by atoms with van der Waals surface area (Å²) in [5, 5.41) is 2.64. The van der Waals surface area contributed by atoms with Gasteiger partial charge in [0, 0.05) is 0 Å². The van der Waals surface area contributed by atoms with Crippen molar-refractivity contribution in [3.05, 3.63) is 59.7 Å². The Morgan fingerprint density at radius 1 is 1.11 bits per heavy atom. The molecule has 150 valence electrons. The molecule has 1 amide bonds. The minimum atomic E-state index is -3.72. The first-order valence-electron chi connectivity index (χ1n) is 8.78. The van der Waals surface area contributed by atoms with Crippen LogP contribution in [0.25, 0.3) is 0 Å². The first kappa shape index (κ1) is 21.4. The summed E-state index contributed by atoms with van der Waals surface area (Å²) in [6.07, 6.45) is 1.04. The Balaban J connectivity index is 2.32. The molecule has 28 heavy (non-hydrogen) atoms. The zero-order valence-electron chi connectivity index (χ0n) is 16.3. The van der Waals surface area contributed by atoms with Gasteiger partial charge < -0.3 is 10.1 Å². The highest BCUT2D eigenvalue weighted by molar-refractivity contribution is 7.92. The topological polar surface area (TPSA) is 92.8 Å². The number of carbonyl (C=O) groups is 2. The number of ether oxygens (including phenoxy) is 1. The van der Waals surface area contributed by atoms with Gasteiger partial charge in [-0.2, -0.15) is 0 Å². The molecule has 0 aliphatic rings. The molecule has 0 saturated carbocycles. The highest BCUT2D eigenvalue weighted by Crippen LogP contribution is 2.23. The lowest BCUT2D eigenvalue weighted by Gasteiger charge is -2.28. The number of anilines is 2. The van der Waals surface area contributed by atoms with E-state index in [0.717, 1.165) is 16.1 Å². The van der Waals surface area contributed by atoms with Gasteiger partial charge in [0.25, 0.3) is 0 Å². The van der Waals surface area contributed by atoms with Gasteiger partial charge in [0.1, 0.15) is 6.04 Å². The number of amides is 1. The number of carbonyl (C=O) groups excluding carboxylic acids is 2. The second-order valence-corrected chi connectivity index (χ2v) is 8.19. The second-order valence-electron chi connectivity index (χ2n) is 6.33. The number of hydrogen-bond donors (Lipinski definition) is 1. The molecular formula is C20H24N2O5S. The molecule has 1 atom stereocenters. The van der Waals surface area contributed by atoms with Gasteiger partial charge in [-0.05, 0) is 45.0 Å².